The van der Waals surface area contributed by atoms with Crippen LogP contribution in [0.3, 0.4) is 0 Å². The van der Waals surface area contributed by atoms with Gasteiger partial charge in [-0.05, 0) is 11.6 Å². The van der Waals surface area contributed by atoms with Gasteiger partial charge in [-0.1, -0.05) is 18.2 Å². The van der Waals surface area contributed by atoms with Gasteiger partial charge in [-0.15, -0.1) is 0 Å². The SMILES string of the molecule is O=C(O)/C=C(\CO)c1ccccc1F. The molecule has 0 aromatic heterocycles. The van der Waals surface area contributed by atoms with Crippen LogP contribution in [0.25, 0.3) is 5.57 Å². The van der Waals surface area contributed by atoms with Gasteiger partial charge < -0.3 is 10.2 Å². The van der Waals surface area contributed by atoms with Crippen LogP contribution >= 0.6 is 0 Å². The molecule has 0 saturated heterocycles. The van der Waals surface area contributed by atoms with Crippen molar-refractivity contribution in [2.24, 2.45) is 0 Å². The van der Waals surface area contributed by atoms with E-state index in [2.05, 4.69) is 0 Å². The summed E-state index contributed by atoms with van der Waals surface area (Å²) in [5.41, 5.74) is 0.160. The van der Waals surface area contributed by atoms with Gasteiger partial charge in [-0.2, -0.15) is 0 Å². The van der Waals surface area contributed by atoms with Crippen LogP contribution in [0, 0.1) is 5.82 Å². The minimum Gasteiger partial charge on any atom is -0.478 e. The van der Waals surface area contributed by atoms with Crippen molar-refractivity contribution >= 4 is 11.5 Å². The number of carboxylic acid groups (broad SMARTS) is 1. The highest BCUT2D eigenvalue weighted by molar-refractivity contribution is 5.90. The Morgan fingerprint density at radius 1 is 1.43 bits per heavy atom. The summed E-state index contributed by atoms with van der Waals surface area (Å²) in [5.74, 6) is -1.76. The van der Waals surface area contributed by atoms with Gasteiger partial charge in [0.2, 0.25) is 0 Å². The molecule has 0 aliphatic rings. The van der Waals surface area contributed by atoms with E-state index in [0.29, 0.717) is 0 Å². The lowest BCUT2D eigenvalue weighted by atomic mass is 10.1. The second-order valence-corrected chi connectivity index (χ2v) is 2.65. The smallest absolute Gasteiger partial charge is 0.328 e. The van der Waals surface area contributed by atoms with Gasteiger partial charge in [0, 0.05) is 11.6 Å². The first-order valence-electron chi connectivity index (χ1n) is 3.94. The van der Waals surface area contributed by atoms with Crippen LogP contribution in [0.4, 0.5) is 4.39 Å². The van der Waals surface area contributed by atoms with Gasteiger partial charge in [-0.3, -0.25) is 0 Å². The second kappa shape index (κ2) is 4.53. The monoisotopic (exact) mass is 196 g/mol. The minimum atomic E-state index is -1.21. The summed E-state index contributed by atoms with van der Waals surface area (Å²) >= 11 is 0. The molecular formula is C10H9FO3. The summed E-state index contributed by atoms with van der Waals surface area (Å²) in [4.78, 5) is 10.3. The number of aliphatic hydroxyl groups excluding tert-OH is 1. The Morgan fingerprint density at radius 2 is 2.07 bits per heavy atom. The number of halogens is 1. The molecular weight excluding hydrogens is 187 g/mol. The lowest BCUT2D eigenvalue weighted by molar-refractivity contribution is -0.131. The molecule has 0 unspecified atom stereocenters. The molecule has 0 spiro atoms. The average molecular weight is 196 g/mol. The Morgan fingerprint density at radius 3 is 2.57 bits per heavy atom. The van der Waals surface area contributed by atoms with Crippen molar-refractivity contribution in [2.75, 3.05) is 6.61 Å². The minimum absolute atomic E-state index is 0.0515. The summed E-state index contributed by atoms with van der Waals surface area (Å²) < 4.78 is 13.1. The Kier molecular flexibility index (Phi) is 3.36. The van der Waals surface area contributed by atoms with Crippen molar-refractivity contribution in [1.82, 2.24) is 0 Å². The largest absolute Gasteiger partial charge is 0.478 e. The molecule has 0 saturated carbocycles. The average Bonchev–Trinajstić information content (AvgIpc) is 2.15. The van der Waals surface area contributed by atoms with Crippen LogP contribution < -0.4 is 0 Å². The molecule has 1 aromatic carbocycles. The number of carboxylic acids is 1. The van der Waals surface area contributed by atoms with Crippen molar-refractivity contribution in [3.63, 3.8) is 0 Å². The third-order valence-electron chi connectivity index (χ3n) is 1.69. The molecule has 0 aliphatic carbocycles. The lowest BCUT2D eigenvalue weighted by Crippen LogP contribution is -1.98. The molecule has 14 heavy (non-hydrogen) atoms. The molecule has 0 atom stereocenters. The van der Waals surface area contributed by atoms with E-state index in [1.54, 1.807) is 6.07 Å². The number of aliphatic hydroxyl groups is 1. The van der Waals surface area contributed by atoms with E-state index >= 15 is 0 Å². The second-order valence-electron chi connectivity index (χ2n) is 2.65. The molecule has 3 nitrogen and oxygen atoms in total. The first-order valence-corrected chi connectivity index (χ1v) is 3.94. The van der Waals surface area contributed by atoms with Crippen LogP contribution in [-0.2, 0) is 4.79 Å². The molecule has 0 fully saturated rings. The highest BCUT2D eigenvalue weighted by Gasteiger charge is 2.07. The molecule has 74 valence electrons. The van der Waals surface area contributed by atoms with Crippen LogP contribution in [0.5, 0.6) is 0 Å². The maximum atomic E-state index is 13.1. The van der Waals surface area contributed by atoms with Gasteiger partial charge in [0.1, 0.15) is 5.82 Å². The van der Waals surface area contributed by atoms with E-state index in [1.807, 2.05) is 0 Å². The zero-order valence-corrected chi connectivity index (χ0v) is 7.27. The Labute approximate surface area is 80.1 Å². The highest BCUT2D eigenvalue weighted by atomic mass is 19.1. The molecule has 4 heteroatoms. The van der Waals surface area contributed by atoms with Crippen molar-refractivity contribution in [3.05, 3.63) is 41.7 Å². The number of aliphatic carboxylic acids is 1. The fourth-order valence-corrected chi connectivity index (χ4v) is 1.08. The zero-order valence-electron chi connectivity index (χ0n) is 7.27. The molecule has 0 radical (unpaired) electrons. The molecule has 0 aliphatic heterocycles. The van der Waals surface area contributed by atoms with E-state index in [1.165, 1.54) is 18.2 Å². The highest BCUT2D eigenvalue weighted by Crippen LogP contribution is 2.16. The van der Waals surface area contributed by atoms with Crippen LogP contribution in [0.15, 0.2) is 30.3 Å². The fourth-order valence-electron chi connectivity index (χ4n) is 1.08. The normalized spacial score (nSPS) is 11.4. The number of carbonyl (C=O) groups is 1. The number of hydrogen-bond donors (Lipinski definition) is 2. The predicted octanol–water partition coefficient (Wildman–Crippen LogP) is 1.29. The number of rotatable bonds is 3. The molecule has 1 rings (SSSR count). The molecule has 2 N–H and O–H groups in total. The third kappa shape index (κ3) is 2.40. The quantitative estimate of drug-likeness (QED) is 0.716. The van der Waals surface area contributed by atoms with Crippen molar-refractivity contribution < 1.29 is 19.4 Å². The maximum absolute atomic E-state index is 13.1. The van der Waals surface area contributed by atoms with Gasteiger partial charge >= 0.3 is 5.97 Å². The fraction of sp³-hybridized carbons (Fsp3) is 0.100. The summed E-state index contributed by atoms with van der Waals surface area (Å²) in [6, 6.07) is 5.69. The van der Waals surface area contributed by atoms with Crippen molar-refractivity contribution in [1.29, 1.82) is 0 Å². The van der Waals surface area contributed by atoms with Gasteiger partial charge in [0.15, 0.2) is 0 Å². The predicted molar refractivity (Wildman–Crippen MR) is 49.1 cm³/mol. The molecule has 0 amide bonds. The Bertz CT molecular complexity index is 371. The van der Waals surface area contributed by atoms with E-state index in [9.17, 15) is 9.18 Å². The van der Waals surface area contributed by atoms with E-state index < -0.39 is 18.4 Å². The van der Waals surface area contributed by atoms with Crippen molar-refractivity contribution in [3.8, 4) is 0 Å². The van der Waals surface area contributed by atoms with Gasteiger partial charge in [0.25, 0.3) is 0 Å². The number of hydrogen-bond acceptors (Lipinski definition) is 2. The lowest BCUT2D eigenvalue weighted by Gasteiger charge is -2.03. The molecule has 0 bridgehead atoms. The van der Waals surface area contributed by atoms with Crippen LogP contribution in [0.1, 0.15) is 5.56 Å². The van der Waals surface area contributed by atoms with E-state index in [0.717, 1.165) is 6.08 Å². The van der Waals surface area contributed by atoms with Crippen LogP contribution in [-0.4, -0.2) is 22.8 Å². The van der Waals surface area contributed by atoms with Gasteiger partial charge in [0.05, 0.1) is 6.61 Å². The number of benzene rings is 1. The Balaban J connectivity index is 3.13. The summed E-state index contributed by atoms with van der Waals surface area (Å²) in [7, 11) is 0. The van der Waals surface area contributed by atoms with E-state index in [4.69, 9.17) is 10.2 Å². The summed E-state index contributed by atoms with van der Waals surface area (Å²) in [5, 5.41) is 17.3. The maximum Gasteiger partial charge on any atom is 0.328 e. The summed E-state index contributed by atoms with van der Waals surface area (Å²) in [6.07, 6.45) is 0.790. The third-order valence-corrected chi connectivity index (χ3v) is 1.69. The standard InChI is InChI=1S/C10H9FO3/c11-9-4-2-1-3-8(9)7(6-12)5-10(13)14/h1-5,12H,6H2,(H,13,14)/b7-5+. The topological polar surface area (TPSA) is 57.5 Å². The first-order chi connectivity index (χ1) is 6.65. The Hall–Kier alpha value is -1.68. The van der Waals surface area contributed by atoms with Gasteiger partial charge in [-0.25, -0.2) is 9.18 Å². The van der Waals surface area contributed by atoms with E-state index in [-0.39, 0.29) is 11.1 Å². The first kappa shape index (κ1) is 10.4. The van der Waals surface area contributed by atoms with Crippen molar-refractivity contribution in [2.45, 2.75) is 0 Å². The molecule has 0 heterocycles. The zero-order chi connectivity index (χ0) is 10.6. The summed E-state index contributed by atoms with van der Waals surface area (Å²) in [6.45, 7) is -0.507. The molecule has 1 aromatic rings. The van der Waals surface area contributed by atoms with Crippen LogP contribution in [0.2, 0.25) is 0 Å².